The van der Waals surface area contributed by atoms with Crippen LogP contribution >= 0.6 is 11.3 Å². The van der Waals surface area contributed by atoms with E-state index in [0.717, 1.165) is 36.4 Å². The first-order valence-corrected chi connectivity index (χ1v) is 8.75. The molecule has 0 saturated carbocycles. The van der Waals surface area contributed by atoms with Gasteiger partial charge < -0.3 is 9.47 Å². The molecule has 1 aliphatic rings. The van der Waals surface area contributed by atoms with Crippen molar-refractivity contribution in [1.29, 1.82) is 0 Å². The molecule has 0 aromatic carbocycles. The third kappa shape index (κ3) is 2.95. The van der Waals surface area contributed by atoms with Crippen molar-refractivity contribution in [3.05, 3.63) is 49.8 Å². The molecule has 0 fully saturated rings. The third-order valence-corrected chi connectivity index (χ3v) is 5.73. The van der Waals surface area contributed by atoms with Gasteiger partial charge in [-0.3, -0.25) is 9.59 Å². The Morgan fingerprint density at radius 3 is 2.96 bits per heavy atom. The maximum absolute atomic E-state index is 12.8. The van der Waals surface area contributed by atoms with Gasteiger partial charge in [0.15, 0.2) is 0 Å². The number of carbonyl (C=O) groups excluding carboxylic acids is 1. The van der Waals surface area contributed by atoms with E-state index < -0.39 is 0 Å². The van der Waals surface area contributed by atoms with Gasteiger partial charge in [-0.1, -0.05) is 6.92 Å². The highest BCUT2D eigenvalue weighted by molar-refractivity contribution is 7.11. The third-order valence-electron chi connectivity index (χ3n) is 4.39. The molecule has 0 N–H and O–H groups in total. The van der Waals surface area contributed by atoms with Crippen LogP contribution in [0.4, 0.5) is 0 Å². The number of thiazole rings is 1. The van der Waals surface area contributed by atoms with Crippen molar-refractivity contribution < 1.29 is 4.79 Å². The fraction of sp³-hybridized carbons (Fsp3) is 0.471. The highest BCUT2D eigenvalue weighted by atomic mass is 32.1. The van der Waals surface area contributed by atoms with Gasteiger partial charge in [0, 0.05) is 26.4 Å². The van der Waals surface area contributed by atoms with Gasteiger partial charge >= 0.3 is 0 Å². The number of aryl methyl sites for hydroxylation is 3. The minimum Gasteiger partial charge on any atom is -0.334 e. The quantitative estimate of drug-likeness (QED) is 0.868. The van der Waals surface area contributed by atoms with E-state index in [9.17, 15) is 9.59 Å². The van der Waals surface area contributed by atoms with E-state index in [-0.39, 0.29) is 17.5 Å². The van der Waals surface area contributed by atoms with Crippen molar-refractivity contribution in [3.63, 3.8) is 0 Å². The molecule has 1 aliphatic carbocycles. The lowest BCUT2D eigenvalue weighted by Crippen LogP contribution is -2.33. The molecule has 2 aromatic rings. The molecular formula is C17H21N3O2S. The first-order valence-electron chi connectivity index (χ1n) is 7.93. The van der Waals surface area contributed by atoms with Gasteiger partial charge in [0.05, 0.1) is 27.2 Å². The molecule has 0 bridgehead atoms. The van der Waals surface area contributed by atoms with Crippen molar-refractivity contribution in [2.45, 2.75) is 38.6 Å². The Labute approximate surface area is 139 Å². The number of carbonyl (C=O) groups is 1. The summed E-state index contributed by atoms with van der Waals surface area (Å²) >= 11 is 1.73. The van der Waals surface area contributed by atoms with Crippen LogP contribution in [0, 0.1) is 0 Å². The Morgan fingerprint density at radius 1 is 1.48 bits per heavy atom. The lowest BCUT2D eigenvalue weighted by Gasteiger charge is -2.30. The Balaban J connectivity index is 1.90. The summed E-state index contributed by atoms with van der Waals surface area (Å²) in [5.74, 6) is -0.0510. The van der Waals surface area contributed by atoms with Crippen LogP contribution in [-0.4, -0.2) is 27.4 Å². The highest BCUT2D eigenvalue weighted by Crippen LogP contribution is 2.38. The average Bonchev–Trinajstić information content (AvgIpc) is 2.99. The van der Waals surface area contributed by atoms with Crippen molar-refractivity contribution >= 4 is 17.2 Å². The topological polar surface area (TPSA) is 55.2 Å². The number of rotatable bonds is 3. The van der Waals surface area contributed by atoms with Crippen molar-refractivity contribution in [2.75, 3.05) is 7.05 Å². The summed E-state index contributed by atoms with van der Waals surface area (Å²) in [6.07, 6.45) is 5.56. The summed E-state index contributed by atoms with van der Waals surface area (Å²) in [4.78, 5) is 32.0. The Morgan fingerprint density at radius 2 is 2.26 bits per heavy atom. The van der Waals surface area contributed by atoms with Gasteiger partial charge in [-0.25, -0.2) is 4.98 Å². The van der Waals surface area contributed by atoms with E-state index >= 15 is 0 Å². The van der Waals surface area contributed by atoms with Crippen molar-refractivity contribution in [3.8, 4) is 0 Å². The molecule has 5 nitrogen and oxygen atoms in total. The summed E-state index contributed by atoms with van der Waals surface area (Å²) in [6.45, 7) is 2.11. The van der Waals surface area contributed by atoms with Gasteiger partial charge in [-0.2, -0.15) is 0 Å². The molecule has 6 heteroatoms. The van der Waals surface area contributed by atoms with Crippen LogP contribution < -0.4 is 5.56 Å². The van der Waals surface area contributed by atoms with Gasteiger partial charge in [0.2, 0.25) is 5.56 Å². The maximum Gasteiger partial charge on any atom is 0.255 e. The Kier molecular flexibility index (Phi) is 4.35. The largest absolute Gasteiger partial charge is 0.334 e. The Hall–Kier alpha value is -1.95. The van der Waals surface area contributed by atoms with Gasteiger partial charge in [-0.15, -0.1) is 11.3 Å². The fourth-order valence-corrected chi connectivity index (χ4v) is 4.27. The summed E-state index contributed by atoms with van der Waals surface area (Å²) < 4.78 is 1.44. The van der Waals surface area contributed by atoms with E-state index in [4.69, 9.17) is 4.98 Å². The summed E-state index contributed by atoms with van der Waals surface area (Å²) in [7, 11) is 3.51. The van der Waals surface area contributed by atoms with Crippen LogP contribution in [0.15, 0.2) is 23.1 Å². The fourth-order valence-electron chi connectivity index (χ4n) is 3.03. The zero-order chi connectivity index (χ0) is 16.6. The zero-order valence-corrected chi connectivity index (χ0v) is 14.5. The number of hydrogen-bond acceptors (Lipinski definition) is 4. The molecule has 1 atom stereocenters. The standard InChI is InChI=1S/C17H21N3O2S/c1-4-14-18-12-6-5-7-13(16(12)23-14)20(3)17(22)11-8-9-15(21)19(2)10-11/h8-10,13H,4-7H2,1-3H3/t13-/m0/s1. The highest BCUT2D eigenvalue weighted by Gasteiger charge is 2.30. The molecule has 2 aromatic heterocycles. The predicted molar refractivity (Wildman–Crippen MR) is 90.9 cm³/mol. The second-order valence-electron chi connectivity index (χ2n) is 5.96. The van der Waals surface area contributed by atoms with Gasteiger partial charge in [0.25, 0.3) is 5.91 Å². The predicted octanol–water partition coefficient (Wildman–Crippen LogP) is 2.55. The SMILES string of the molecule is CCc1nc2c(s1)[C@@H](N(C)C(=O)c1ccc(=O)n(C)c1)CCC2. The minimum atomic E-state index is -0.112. The van der Waals surface area contributed by atoms with E-state index in [1.807, 2.05) is 7.05 Å². The lowest BCUT2D eigenvalue weighted by molar-refractivity contribution is 0.0717. The molecule has 0 spiro atoms. The number of pyridine rings is 1. The minimum absolute atomic E-state index is 0.0510. The molecule has 3 rings (SSSR count). The first-order chi connectivity index (χ1) is 11.0. The van der Waals surface area contributed by atoms with Gasteiger partial charge in [-0.05, 0) is 31.7 Å². The Bertz CT molecular complexity index is 793. The summed E-state index contributed by atoms with van der Waals surface area (Å²) in [6, 6.07) is 3.13. The molecule has 122 valence electrons. The van der Waals surface area contributed by atoms with Crippen molar-refractivity contribution in [2.24, 2.45) is 7.05 Å². The summed E-state index contributed by atoms with van der Waals surface area (Å²) in [5, 5.41) is 1.14. The van der Waals surface area contributed by atoms with Crippen LogP contribution in [0.3, 0.4) is 0 Å². The smallest absolute Gasteiger partial charge is 0.255 e. The van der Waals surface area contributed by atoms with Crippen LogP contribution in [-0.2, 0) is 19.9 Å². The molecule has 0 saturated heterocycles. The van der Waals surface area contributed by atoms with Gasteiger partial charge in [0.1, 0.15) is 0 Å². The lowest BCUT2D eigenvalue weighted by atomic mass is 9.96. The molecule has 0 aliphatic heterocycles. The molecular weight excluding hydrogens is 310 g/mol. The van der Waals surface area contributed by atoms with E-state index in [1.165, 1.54) is 15.5 Å². The van der Waals surface area contributed by atoms with Crippen LogP contribution in [0.25, 0.3) is 0 Å². The van der Waals surface area contributed by atoms with E-state index in [1.54, 1.807) is 35.5 Å². The molecule has 23 heavy (non-hydrogen) atoms. The van der Waals surface area contributed by atoms with E-state index in [2.05, 4.69) is 6.92 Å². The van der Waals surface area contributed by atoms with E-state index in [0.29, 0.717) is 5.56 Å². The number of hydrogen-bond donors (Lipinski definition) is 0. The maximum atomic E-state index is 12.8. The second kappa shape index (κ2) is 6.28. The number of amides is 1. The number of nitrogens with zero attached hydrogens (tertiary/aromatic N) is 3. The summed E-state index contributed by atoms with van der Waals surface area (Å²) in [5.41, 5.74) is 1.59. The number of aromatic nitrogens is 2. The van der Waals surface area contributed by atoms with Crippen LogP contribution in [0.1, 0.15) is 51.7 Å². The average molecular weight is 331 g/mol. The second-order valence-corrected chi connectivity index (χ2v) is 7.08. The molecule has 0 radical (unpaired) electrons. The normalized spacial score (nSPS) is 16.9. The zero-order valence-electron chi connectivity index (χ0n) is 13.7. The molecule has 1 amide bonds. The first kappa shape index (κ1) is 15.9. The molecule has 0 unspecified atom stereocenters. The van der Waals surface area contributed by atoms with Crippen LogP contribution in [0.2, 0.25) is 0 Å². The number of fused-ring (bicyclic) bond motifs is 1. The monoisotopic (exact) mass is 331 g/mol. The molecule has 2 heterocycles. The van der Waals surface area contributed by atoms with Crippen LogP contribution in [0.5, 0.6) is 0 Å². The van der Waals surface area contributed by atoms with Crippen molar-refractivity contribution in [1.82, 2.24) is 14.5 Å².